The van der Waals surface area contributed by atoms with Crippen LogP contribution in [0.25, 0.3) is 6.08 Å². The fourth-order valence-electron chi connectivity index (χ4n) is 4.21. The number of imide groups is 2. The number of hydrogen-bond acceptors (Lipinski definition) is 5. The fourth-order valence-corrected chi connectivity index (χ4v) is 4.45. The van der Waals surface area contributed by atoms with Gasteiger partial charge in [0, 0.05) is 5.69 Å². The Balaban J connectivity index is 1.39. The number of hydrogen-bond donors (Lipinski definition) is 1. The minimum Gasteiger partial charge on any atom is -0.482 e. The lowest BCUT2D eigenvalue weighted by Crippen LogP contribution is -2.57. The topological polar surface area (TPSA) is 96.0 Å². The lowest BCUT2D eigenvalue weighted by atomic mass is 10.0. The average Bonchev–Trinajstić information content (AvgIpc) is 2.97. The second-order valence-electron chi connectivity index (χ2n) is 9.19. The number of urea groups is 1. The number of anilines is 3. The number of nitrogens with one attached hydrogen (secondary N) is 1. The van der Waals surface area contributed by atoms with Gasteiger partial charge in [0.15, 0.2) is 6.61 Å². The van der Waals surface area contributed by atoms with E-state index in [-0.39, 0.29) is 28.9 Å². The van der Waals surface area contributed by atoms with Crippen LogP contribution in [0.5, 0.6) is 5.75 Å². The van der Waals surface area contributed by atoms with Crippen molar-refractivity contribution in [2.24, 2.45) is 0 Å². The molecule has 0 saturated carbocycles. The monoisotopic (exact) mass is 565 g/mol. The van der Waals surface area contributed by atoms with E-state index in [0.717, 1.165) is 15.4 Å². The van der Waals surface area contributed by atoms with E-state index in [1.807, 2.05) is 19.1 Å². The number of barbiturate groups is 1. The summed E-state index contributed by atoms with van der Waals surface area (Å²) in [5.41, 5.74) is 2.58. The minimum absolute atomic E-state index is 0.175. The molecule has 5 rings (SSSR count). The van der Waals surface area contributed by atoms with Gasteiger partial charge in [0.05, 0.1) is 16.4 Å². The predicted octanol–water partition coefficient (Wildman–Crippen LogP) is 6.25. The molecular formula is C32H24ClN3O5. The van der Waals surface area contributed by atoms with Gasteiger partial charge in [-0.2, -0.15) is 0 Å². The van der Waals surface area contributed by atoms with Gasteiger partial charge in [-0.15, -0.1) is 0 Å². The predicted molar refractivity (Wildman–Crippen MR) is 158 cm³/mol. The number of carbonyl (C=O) groups excluding carboxylic acids is 4. The van der Waals surface area contributed by atoms with E-state index in [1.54, 1.807) is 84.9 Å². The van der Waals surface area contributed by atoms with Gasteiger partial charge in [-0.05, 0) is 67.1 Å². The van der Waals surface area contributed by atoms with E-state index in [0.29, 0.717) is 22.6 Å². The number of nitrogens with zero attached hydrogens (tertiary/aromatic N) is 2. The van der Waals surface area contributed by atoms with E-state index in [2.05, 4.69) is 5.32 Å². The second kappa shape index (κ2) is 11.9. The third kappa shape index (κ3) is 6.03. The molecule has 0 bridgehead atoms. The van der Waals surface area contributed by atoms with E-state index in [1.165, 1.54) is 12.1 Å². The van der Waals surface area contributed by atoms with Crippen molar-refractivity contribution in [3.63, 3.8) is 0 Å². The van der Waals surface area contributed by atoms with Crippen LogP contribution in [-0.4, -0.2) is 30.4 Å². The lowest BCUT2D eigenvalue weighted by molar-refractivity contribution is -0.121. The van der Waals surface area contributed by atoms with Crippen LogP contribution in [0.3, 0.4) is 0 Å². The Hall–Kier alpha value is -5.21. The molecule has 4 aromatic carbocycles. The van der Waals surface area contributed by atoms with Gasteiger partial charge in [0.1, 0.15) is 11.3 Å². The molecule has 0 aliphatic carbocycles. The first-order valence-electron chi connectivity index (χ1n) is 12.7. The van der Waals surface area contributed by atoms with Crippen LogP contribution in [-0.2, 0) is 14.4 Å². The molecular weight excluding hydrogens is 542 g/mol. The van der Waals surface area contributed by atoms with Gasteiger partial charge < -0.3 is 10.1 Å². The molecule has 5 amide bonds. The minimum atomic E-state index is -0.778. The Morgan fingerprint density at radius 1 is 0.805 bits per heavy atom. The number of halogens is 1. The van der Waals surface area contributed by atoms with Gasteiger partial charge in [0.2, 0.25) is 0 Å². The van der Waals surface area contributed by atoms with Crippen molar-refractivity contribution in [2.75, 3.05) is 21.7 Å². The molecule has 8 nitrogen and oxygen atoms in total. The number of benzene rings is 4. The number of para-hydroxylation sites is 2. The van der Waals surface area contributed by atoms with Crippen LogP contribution in [0, 0.1) is 6.92 Å². The molecule has 9 heteroatoms. The van der Waals surface area contributed by atoms with Crippen LogP contribution >= 0.6 is 11.6 Å². The molecule has 204 valence electrons. The summed E-state index contributed by atoms with van der Waals surface area (Å²) < 4.78 is 5.59. The van der Waals surface area contributed by atoms with E-state index < -0.39 is 17.8 Å². The molecule has 4 aromatic rings. The zero-order valence-electron chi connectivity index (χ0n) is 21.9. The van der Waals surface area contributed by atoms with Crippen LogP contribution in [0.2, 0.25) is 5.02 Å². The van der Waals surface area contributed by atoms with Gasteiger partial charge in [-0.3, -0.25) is 14.4 Å². The Morgan fingerprint density at radius 3 is 1.90 bits per heavy atom. The summed E-state index contributed by atoms with van der Waals surface area (Å²) in [7, 11) is 0. The maximum absolute atomic E-state index is 13.5. The van der Waals surface area contributed by atoms with Gasteiger partial charge >= 0.3 is 6.03 Å². The molecule has 0 unspecified atom stereocenters. The summed E-state index contributed by atoms with van der Waals surface area (Å²) in [4.78, 5) is 54.7. The van der Waals surface area contributed by atoms with Gasteiger partial charge in [-0.1, -0.05) is 71.8 Å². The molecule has 0 spiro atoms. The first-order valence-corrected chi connectivity index (χ1v) is 13.0. The summed E-state index contributed by atoms with van der Waals surface area (Å²) >= 11 is 6.42. The Bertz CT molecular complexity index is 1590. The third-order valence-electron chi connectivity index (χ3n) is 6.24. The smallest absolute Gasteiger partial charge is 0.343 e. The molecule has 1 aliphatic heterocycles. The molecule has 1 aliphatic rings. The van der Waals surface area contributed by atoms with E-state index >= 15 is 0 Å². The largest absolute Gasteiger partial charge is 0.482 e. The first kappa shape index (κ1) is 27.4. The zero-order chi connectivity index (χ0) is 28.9. The lowest BCUT2D eigenvalue weighted by Gasteiger charge is -2.33. The highest BCUT2D eigenvalue weighted by Gasteiger charge is 2.43. The van der Waals surface area contributed by atoms with Gasteiger partial charge in [-0.25, -0.2) is 14.6 Å². The zero-order valence-corrected chi connectivity index (χ0v) is 22.7. The van der Waals surface area contributed by atoms with Crippen molar-refractivity contribution in [1.82, 2.24) is 0 Å². The quantitative estimate of drug-likeness (QED) is 0.211. The van der Waals surface area contributed by atoms with Crippen molar-refractivity contribution in [3.8, 4) is 5.75 Å². The summed E-state index contributed by atoms with van der Waals surface area (Å²) in [6.45, 7) is 1.68. The number of amides is 5. The molecule has 41 heavy (non-hydrogen) atoms. The van der Waals surface area contributed by atoms with Crippen LogP contribution < -0.4 is 19.9 Å². The number of ether oxygens (including phenoxy) is 1. The third-order valence-corrected chi connectivity index (χ3v) is 6.53. The maximum Gasteiger partial charge on any atom is 0.343 e. The van der Waals surface area contributed by atoms with Gasteiger partial charge in [0.25, 0.3) is 17.7 Å². The standard InChI is InChI=1S/C32H24ClN3O5/c1-21-12-15-23(16-13-21)34-29(37)20-41-28-17-14-22(19-27(28)33)18-26-30(38)35(24-8-4-2-5-9-24)32(40)36(31(26)39)25-10-6-3-7-11-25/h2-19H,20H2,1H3,(H,34,37). The molecule has 0 radical (unpaired) electrons. The summed E-state index contributed by atoms with van der Waals surface area (Å²) in [6, 6.07) is 28.0. The van der Waals surface area contributed by atoms with Crippen LogP contribution in [0.1, 0.15) is 11.1 Å². The van der Waals surface area contributed by atoms with Crippen LogP contribution in [0.4, 0.5) is 21.9 Å². The summed E-state index contributed by atoms with van der Waals surface area (Å²) in [5.74, 6) is -1.63. The number of aryl methyl sites for hydroxylation is 1. The van der Waals surface area contributed by atoms with E-state index in [9.17, 15) is 19.2 Å². The first-order chi connectivity index (χ1) is 19.8. The SMILES string of the molecule is Cc1ccc(NC(=O)COc2ccc(C=C3C(=O)N(c4ccccc4)C(=O)N(c4ccccc4)C3=O)cc2Cl)cc1. The molecule has 1 N–H and O–H groups in total. The Morgan fingerprint density at radius 2 is 1.37 bits per heavy atom. The normalized spacial score (nSPS) is 13.3. The van der Waals surface area contributed by atoms with E-state index in [4.69, 9.17) is 16.3 Å². The highest BCUT2D eigenvalue weighted by molar-refractivity contribution is 6.46. The number of carbonyl (C=O) groups is 4. The summed E-state index contributed by atoms with van der Waals surface area (Å²) in [5, 5.41) is 2.92. The molecule has 0 aromatic heterocycles. The summed E-state index contributed by atoms with van der Waals surface area (Å²) in [6.07, 6.45) is 1.38. The van der Waals surface area contributed by atoms with Crippen molar-refractivity contribution in [1.29, 1.82) is 0 Å². The van der Waals surface area contributed by atoms with Crippen molar-refractivity contribution < 1.29 is 23.9 Å². The van der Waals surface area contributed by atoms with Crippen LogP contribution in [0.15, 0.2) is 109 Å². The fraction of sp³-hybridized carbons (Fsp3) is 0.0625. The van der Waals surface area contributed by atoms with Crippen molar-refractivity contribution in [2.45, 2.75) is 6.92 Å². The second-order valence-corrected chi connectivity index (χ2v) is 9.59. The van der Waals surface area contributed by atoms with Crippen molar-refractivity contribution in [3.05, 3.63) is 125 Å². The highest BCUT2D eigenvalue weighted by Crippen LogP contribution is 2.31. The molecule has 1 heterocycles. The molecule has 1 fully saturated rings. The Kier molecular flexibility index (Phi) is 7.94. The average molecular weight is 566 g/mol. The number of rotatable bonds is 7. The molecule has 0 atom stereocenters. The van der Waals surface area contributed by atoms with Crippen molar-refractivity contribution >= 4 is 58.5 Å². The highest BCUT2D eigenvalue weighted by atomic mass is 35.5. The Labute approximate surface area is 241 Å². The molecule has 1 saturated heterocycles. The maximum atomic E-state index is 13.5.